The quantitative estimate of drug-likeness (QED) is 0.438. The topological polar surface area (TPSA) is 67.7 Å². The van der Waals surface area contributed by atoms with Crippen LogP contribution >= 0.6 is 11.6 Å². The normalized spacial score (nSPS) is 19.1. The number of nitrogens with zero attached hydrogens (tertiary/aromatic N) is 4. The van der Waals surface area contributed by atoms with Gasteiger partial charge in [0.25, 0.3) is 0 Å². The van der Waals surface area contributed by atoms with Gasteiger partial charge in [-0.3, -0.25) is 4.57 Å². The Morgan fingerprint density at radius 3 is 2.59 bits per heavy atom. The third kappa shape index (κ3) is 4.73. The number of halogens is 4. The number of imidazole rings is 1. The fraction of sp³-hybridized carbons (Fsp3) is 0.542. The van der Waals surface area contributed by atoms with E-state index >= 15 is 0 Å². The molecule has 0 unspecified atom stereocenters. The molecule has 2 fully saturated rings. The van der Waals surface area contributed by atoms with E-state index in [1.807, 2.05) is 0 Å². The van der Waals surface area contributed by atoms with Gasteiger partial charge in [-0.25, -0.2) is 15.0 Å². The lowest BCUT2D eigenvalue weighted by Crippen LogP contribution is -2.30. The van der Waals surface area contributed by atoms with E-state index in [0.29, 0.717) is 17.2 Å². The third-order valence-corrected chi connectivity index (χ3v) is 7.40. The van der Waals surface area contributed by atoms with Gasteiger partial charge in [0.2, 0.25) is 5.95 Å². The van der Waals surface area contributed by atoms with Crippen molar-refractivity contribution in [1.29, 1.82) is 0 Å². The van der Waals surface area contributed by atoms with E-state index in [-0.39, 0.29) is 16.5 Å². The molecule has 5 rings (SSSR count). The van der Waals surface area contributed by atoms with Gasteiger partial charge in [-0.05, 0) is 62.4 Å². The molecule has 1 saturated heterocycles. The van der Waals surface area contributed by atoms with E-state index in [1.54, 1.807) is 6.20 Å². The summed E-state index contributed by atoms with van der Waals surface area (Å²) < 4.78 is 41.5. The Balaban J connectivity index is 1.52. The Kier molecular flexibility index (Phi) is 6.18. The van der Waals surface area contributed by atoms with Crippen molar-refractivity contribution >= 4 is 34.4 Å². The summed E-state index contributed by atoms with van der Waals surface area (Å²) in [6, 6.07) is 3.82. The molecule has 2 aromatic heterocycles. The highest BCUT2D eigenvalue weighted by Gasteiger charge is 2.33. The zero-order valence-corrected chi connectivity index (χ0v) is 19.8. The lowest BCUT2D eigenvalue weighted by Gasteiger charge is -2.26. The second-order valence-corrected chi connectivity index (χ2v) is 10.2. The average Bonchev–Trinajstić information content (AvgIpc) is 3.36. The summed E-state index contributed by atoms with van der Waals surface area (Å²) in [6.45, 7) is 4.07. The molecule has 1 saturated carbocycles. The van der Waals surface area contributed by atoms with E-state index in [9.17, 15) is 13.2 Å². The van der Waals surface area contributed by atoms with Crippen LogP contribution < -0.4 is 10.6 Å². The van der Waals surface area contributed by atoms with Gasteiger partial charge in [0.1, 0.15) is 11.3 Å². The predicted molar refractivity (Wildman–Crippen MR) is 126 cm³/mol. The number of benzene rings is 1. The minimum absolute atomic E-state index is 0.170. The predicted octanol–water partition coefficient (Wildman–Crippen LogP) is 6.29. The fourth-order valence-electron chi connectivity index (χ4n) is 5.25. The summed E-state index contributed by atoms with van der Waals surface area (Å²) in [4.78, 5) is 14.3. The molecule has 182 valence electrons. The Labute approximate surface area is 201 Å². The van der Waals surface area contributed by atoms with Crippen molar-refractivity contribution < 1.29 is 13.2 Å². The first kappa shape index (κ1) is 23.4. The summed E-state index contributed by atoms with van der Waals surface area (Å²) in [7, 11) is 0. The van der Waals surface area contributed by atoms with Gasteiger partial charge in [-0.2, -0.15) is 13.2 Å². The maximum Gasteiger partial charge on any atom is 0.417 e. The molecule has 10 heteroatoms. The summed E-state index contributed by atoms with van der Waals surface area (Å²) in [5.41, 5.74) is 1.24. The van der Waals surface area contributed by atoms with Crippen LogP contribution in [-0.4, -0.2) is 32.6 Å². The number of fused-ring (bicyclic) bond motifs is 1. The first-order chi connectivity index (χ1) is 16.2. The number of rotatable bonds is 5. The minimum Gasteiger partial charge on any atom is -0.325 e. The van der Waals surface area contributed by atoms with Crippen LogP contribution in [0.1, 0.15) is 62.9 Å². The van der Waals surface area contributed by atoms with Crippen molar-refractivity contribution in [3.05, 3.63) is 40.8 Å². The molecule has 3 aromatic rings. The van der Waals surface area contributed by atoms with Crippen molar-refractivity contribution in [1.82, 2.24) is 24.8 Å². The van der Waals surface area contributed by atoms with Crippen LogP contribution in [0.25, 0.3) is 11.2 Å². The van der Waals surface area contributed by atoms with Gasteiger partial charge in [0.05, 0.1) is 16.8 Å². The molecular weight excluding hydrogens is 465 g/mol. The molecule has 0 amide bonds. The maximum absolute atomic E-state index is 13.1. The van der Waals surface area contributed by atoms with E-state index in [4.69, 9.17) is 21.6 Å². The molecule has 0 atom stereocenters. The molecule has 6 nitrogen and oxygen atoms in total. The number of alkyl halides is 3. The van der Waals surface area contributed by atoms with Gasteiger partial charge >= 0.3 is 6.18 Å². The van der Waals surface area contributed by atoms with Crippen molar-refractivity contribution in [3.8, 4) is 0 Å². The maximum atomic E-state index is 13.1. The molecule has 0 radical (unpaired) electrons. The van der Waals surface area contributed by atoms with Crippen molar-refractivity contribution in [2.24, 2.45) is 5.41 Å². The third-order valence-electron chi connectivity index (χ3n) is 7.08. The van der Waals surface area contributed by atoms with Crippen LogP contribution in [0, 0.1) is 5.41 Å². The monoisotopic (exact) mass is 492 g/mol. The summed E-state index contributed by atoms with van der Waals surface area (Å²) in [5, 5.41) is 6.21. The van der Waals surface area contributed by atoms with Crippen molar-refractivity contribution in [2.45, 2.75) is 64.1 Å². The molecule has 2 aliphatic rings. The highest BCUT2D eigenvalue weighted by atomic mass is 35.5. The SMILES string of the molecule is CC1(Cc2ncc3nc(Nc4ccc(C(F)(F)F)c(Cl)c4)n(C4CCNCC4)c3n2)CCCC1. The van der Waals surface area contributed by atoms with Crippen LogP contribution in [0.15, 0.2) is 24.4 Å². The van der Waals surface area contributed by atoms with Crippen LogP contribution in [-0.2, 0) is 12.6 Å². The van der Waals surface area contributed by atoms with Gasteiger partial charge < -0.3 is 10.6 Å². The molecular formula is C24H28ClF3N6. The van der Waals surface area contributed by atoms with Crippen LogP contribution in [0.5, 0.6) is 0 Å². The lowest BCUT2D eigenvalue weighted by atomic mass is 9.85. The zero-order chi connectivity index (χ0) is 23.9. The molecule has 1 aromatic carbocycles. The Hall–Kier alpha value is -2.39. The Morgan fingerprint density at radius 1 is 1.18 bits per heavy atom. The van der Waals surface area contributed by atoms with Gasteiger partial charge in [-0.15, -0.1) is 0 Å². The number of hydrogen-bond acceptors (Lipinski definition) is 5. The number of nitrogens with one attached hydrogen (secondary N) is 2. The molecule has 3 heterocycles. The van der Waals surface area contributed by atoms with E-state index in [0.717, 1.165) is 49.9 Å². The van der Waals surface area contributed by atoms with Gasteiger partial charge in [-0.1, -0.05) is 31.4 Å². The van der Waals surface area contributed by atoms with E-state index < -0.39 is 11.7 Å². The zero-order valence-electron chi connectivity index (χ0n) is 19.1. The highest BCUT2D eigenvalue weighted by Crippen LogP contribution is 2.40. The summed E-state index contributed by atoms with van der Waals surface area (Å²) in [5.74, 6) is 1.35. The van der Waals surface area contributed by atoms with Gasteiger partial charge in [0, 0.05) is 18.2 Å². The molecule has 34 heavy (non-hydrogen) atoms. The standard InChI is InChI=1S/C24H28ClF3N6/c1-23(8-2-3-9-23)13-20-30-14-19-21(33-20)34(16-6-10-29-11-7-16)22(32-19)31-15-4-5-17(18(25)12-15)24(26,27)28/h4-5,12,14,16,29H,2-3,6-11,13H2,1H3,(H,31,32). The Morgan fingerprint density at radius 2 is 1.91 bits per heavy atom. The van der Waals surface area contributed by atoms with E-state index in [1.165, 1.54) is 37.8 Å². The number of anilines is 2. The number of piperidine rings is 1. The van der Waals surface area contributed by atoms with Crippen LogP contribution in [0.2, 0.25) is 5.02 Å². The molecule has 1 aliphatic heterocycles. The fourth-order valence-corrected chi connectivity index (χ4v) is 5.54. The van der Waals surface area contributed by atoms with Crippen LogP contribution in [0.4, 0.5) is 24.8 Å². The highest BCUT2D eigenvalue weighted by molar-refractivity contribution is 6.31. The van der Waals surface area contributed by atoms with Gasteiger partial charge in [0.15, 0.2) is 5.65 Å². The second kappa shape index (κ2) is 9.00. The first-order valence-electron chi connectivity index (χ1n) is 11.8. The molecule has 0 bridgehead atoms. The summed E-state index contributed by atoms with van der Waals surface area (Å²) >= 11 is 5.94. The average molecular weight is 493 g/mol. The second-order valence-electron chi connectivity index (χ2n) is 9.79. The molecule has 0 spiro atoms. The summed E-state index contributed by atoms with van der Waals surface area (Å²) in [6.07, 6.45) is 4.77. The molecule has 2 N–H and O–H groups in total. The van der Waals surface area contributed by atoms with E-state index in [2.05, 4.69) is 27.1 Å². The minimum atomic E-state index is -4.50. The van der Waals surface area contributed by atoms with Crippen LogP contribution in [0.3, 0.4) is 0 Å². The first-order valence-corrected chi connectivity index (χ1v) is 12.2. The lowest BCUT2D eigenvalue weighted by molar-refractivity contribution is -0.137. The van der Waals surface area contributed by atoms with Crippen molar-refractivity contribution in [3.63, 3.8) is 0 Å². The number of aromatic nitrogens is 4. The smallest absolute Gasteiger partial charge is 0.325 e. The number of hydrogen-bond donors (Lipinski definition) is 2. The Bertz CT molecular complexity index is 1180. The van der Waals surface area contributed by atoms with Crippen molar-refractivity contribution in [2.75, 3.05) is 18.4 Å². The largest absolute Gasteiger partial charge is 0.417 e. The molecule has 1 aliphatic carbocycles.